The van der Waals surface area contributed by atoms with Crippen LogP contribution in [0.1, 0.15) is 13.3 Å². The number of carbonyl (C=O) groups is 1. The molecule has 0 saturated carbocycles. The van der Waals surface area contributed by atoms with E-state index in [1.165, 1.54) is 0 Å². The molecule has 2 unspecified atom stereocenters. The Morgan fingerprint density at radius 3 is 2.94 bits per heavy atom. The largest absolute Gasteiger partial charge is 0.392 e. The first-order valence-corrected chi connectivity index (χ1v) is 6.25. The minimum Gasteiger partial charge on any atom is -0.392 e. The standard InChI is InChI=1S/C13H19N3O2/c1-10-4-7-16(8-12(10)17)9-13(18)15-11-2-5-14-6-3-11/h2-3,5-6,10,12,17H,4,7-9H2,1H3,(H,14,15,18). The van der Waals surface area contributed by atoms with Gasteiger partial charge in [0.25, 0.3) is 0 Å². The van der Waals surface area contributed by atoms with Gasteiger partial charge in [0.1, 0.15) is 0 Å². The van der Waals surface area contributed by atoms with Crippen LogP contribution >= 0.6 is 0 Å². The number of carbonyl (C=O) groups excluding carboxylic acids is 1. The van der Waals surface area contributed by atoms with Crippen molar-refractivity contribution in [3.8, 4) is 0 Å². The van der Waals surface area contributed by atoms with Crippen LogP contribution in [0.3, 0.4) is 0 Å². The lowest BCUT2D eigenvalue weighted by molar-refractivity contribution is -0.118. The quantitative estimate of drug-likeness (QED) is 0.828. The number of aliphatic hydroxyl groups excluding tert-OH is 1. The van der Waals surface area contributed by atoms with Crippen LogP contribution in [0, 0.1) is 5.92 Å². The highest BCUT2D eigenvalue weighted by atomic mass is 16.3. The predicted molar refractivity (Wildman–Crippen MR) is 69.1 cm³/mol. The highest BCUT2D eigenvalue weighted by Crippen LogP contribution is 2.16. The molecule has 1 saturated heterocycles. The van der Waals surface area contributed by atoms with E-state index in [0.29, 0.717) is 19.0 Å². The van der Waals surface area contributed by atoms with Gasteiger partial charge in [-0.1, -0.05) is 6.92 Å². The molecule has 18 heavy (non-hydrogen) atoms. The van der Waals surface area contributed by atoms with Gasteiger partial charge in [0.05, 0.1) is 12.6 Å². The number of pyridine rings is 1. The molecule has 2 N–H and O–H groups in total. The van der Waals surface area contributed by atoms with Gasteiger partial charge < -0.3 is 10.4 Å². The zero-order chi connectivity index (χ0) is 13.0. The molecule has 0 aromatic carbocycles. The van der Waals surface area contributed by atoms with E-state index in [-0.39, 0.29) is 12.0 Å². The van der Waals surface area contributed by atoms with Crippen molar-refractivity contribution in [2.45, 2.75) is 19.4 Å². The van der Waals surface area contributed by atoms with E-state index in [9.17, 15) is 9.90 Å². The predicted octanol–water partition coefficient (Wildman–Crippen LogP) is 0.723. The Bertz CT molecular complexity index is 396. The summed E-state index contributed by atoms with van der Waals surface area (Å²) in [6, 6.07) is 3.51. The van der Waals surface area contributed by atoms with Gasteiger partial charge >= 0.3 is 0 Å². The van der Waals surface area contributed by atoms with E-state index in [2.05, 4.69) is 10.3 Å². The zero-order valence-electron chi connectivity index (χ0n) is 10.5. The number of anilines is 1. The van der Waals surface area contributed by atoms with Crippen LogP contribution < -0.4 is 5.32 Å². The minimum absolute atomic E-state index is 0.0528. The van der Waals surface area contributed by atoms with Crippen molar-refractivity contribution in [2.24, 2.45) is 5.92 Å². The van der Waals surface area contributed by atoms with E-state index < -0.39 is 0 Å². The highest BCUT2D eigenvalue weighted by Gasteiger charge is 2.25. The van der Waals surface area contributed by atoms with Crippen molar-refractivity contribution in [2.75, 3.05) is 25.0 Å². The average Bonchev–Trinajstić information content (AvgIpc) is 2.35. The number of aliphatic hydroxyl groups is 1. The van der Waals surface area contributed by atoms with Gasteiger partial charge in [0, 0.05) is 24.6 Å². The van der Waals surface area contributed by atoms with E-state index in [1.807, 2.05) is 11.8 Å². The summed E-state index contributed by atoms with van der Waals surface area (Å²) >= 11 is 0. The molecule has 2 atom stereocenters. The van der Waals surface area contributed by atoms with Gasteiger partial charge in [-0.15, -0.1) is 0 Å². The smallest absolute Gasteiger partial charge is 0.238 e. The number of nitrogens with zero attached hydrogens (tertiary/aromatic N) is 2. The Balaban J connectivity index is 1.81. The van der Waals surface area contributed by atoms with Crippen molar-refractivity contribution in [3.63, 3.8) is 0 Å². The molecular formula is C13H19N3O2. The molecule has 2 rings (SSSR count). The number of hydrogen-bond acceptors (Lipinski definition) is 4. The fraction of sp³-hybridized carbons (Fsp3) is 0.538. The average molecular weight is 249 g/mol. The maximum Gasteiger partial charge on any atom is 0.238 e. The Hall–Kier alpha value is -1.46. The third kappa shape index (κ3) is 3.51. The fourth-order valence-electron chi connectivity index (χ4n) is 2.10. The Labute approximate surface area is 107 Å². The molecule has 1 aromatic heterocycles. The summed E-state index contributed by atoms with van der Waals surface area (Å²) in [4.78, 5) is 17.7. The van der Waals surface area contributed by atoms with Crippen molar-refractivity contribution in [3.05, 3.63) is 24.5 Å². The van der Waals surface area contributed by atoms with Crippen molar-refractivity contribution in [1.82, 2.24) is 9.88 Å². The van der Waals surface area contributed by atoms with Crippen LogP contribution in [0.15, 0.2) is 24.5 Å². The van der Waals surface area contributed by atoms with Gasteiger partial charge in [-0.05, 0) is 31.0 Å². The Kier molecular flexibility index (Phi) is 4.28. The first-order chi connectivity index (χ1) is 8.65. The second-order valence-corrected chi connectivity index (χ2v) is 4.85. The van der Waals surface area contributed by atoms with Crippen LogP contribution in [0.5, 0.6) is 0 Å². The van der Waals surface area contributed by atoms with Crippen LogP contribution in [-0.2, 0) is 4.79 Å². The van der Waals surface area contributed by atoms with E-state index in [1.54, 1.807) is 24.5 Å². The first-order valence-electron chi connectivity index (χ1n) is 6.25. The first kappa shape index (κ1) is 13.0. The third-order valence-corrected chi connectivity index (χ3v) is 3.33. The van der Waals surface area contributed by atoms with Gasteiger partial charge in [0.15, 0.2) is 0 Å². The Morgan fingerprint density at radius 2 is 2.28 bits per heavy atom. The zero-order valence-corrected chi connectivity index (χ0v) is 10.5. The van der Waals surface area contributed by atoms with Gasteiger partial charge in [-0.2, -0.15) is 0 Å². The van der Waals surface area contributed by atoms with Crippen LogP contribution in [0.4, 0.5) is 5.69 Å². The number of β-amino-alcohol motifs (C(OH)–C–C–N with tert-alkyl or cyclic N) is 1. The fourth-order valence-corrected chi connectivity index (χ4v) is 2.10. The molecule has 1 fully saturated rings. The number of piperidine rings is 1. The van der Waals surface area contributed by atoms with Crippen LogP contribution in [-0.4, -0.2) is 46.6 Å². The molecule has 1 aromatic rings. The van der Waals surface area contributed by atoms with Crippen LogP contribution in [0.25, 0.3) is 0 Å². The Morgan fingerprint density at radius 1 is 1.56 bits per heavy atom. The second-order valence-electron chi connectivity index (χ2n) is 4.85. The summed E-state index contributed by atoms with van der Waals surface area (Å²) in [5, 5.41) is 12.6. The number of rotatable bonds is 3. The summed E-state index contributed by atoms with van der Waals surface area (Å²) < 4.78 is 0. The molecule has 1 aliphatic rings. The van der Waals surface area contributed by atoms with Crippen molar-refractivity contribution >= 4 is 11.6 Å². The van der Waals surface area contributed by atoms with Gasteiger partial charge in [-0.3, -0.25) is 14.7 Å². The summed E-state index contributed by atoms with van der Waals surface area (Å²) in [7, 11) is 0. The highest BCUT2D eigenvalue weighted by molar-refractivity contribution is 5.92. The van der Waals surface area contributed by atoms with Gasteiger partial charge in [0.2, 0.25) is 5.91 Å². The molecule has 0 spiro atoms. The summed E-state index contributed by atoms with van der Waals surface area (Å²) in [5.41, 5.74) is 0.751. The van der Waals surface area contributed by atoms with Crippen LogP contribution in [0.2, 0.25) is 0 Å². The lowest BCUT2D eigenvalue weighted by Crippen LogP contribution is -2.45. The SMILES string of the molecule is CC1CCN(CC(=O)Nc2ccncc2)CC1O. The maximum atomic E-state index is 11.8. The topological polar surface area (TPSA) is 65.5 Å². The molecule has 1 amide bonds. The number of aromatic nitrogens is 1. The number of hydrogen-bond donors (Lipinski definition) is 2. The normalized spacial score (nSPS) is 24.8. The monoisotopic (exact) mass is 249 g/mol. The van der Waals surface area contributed by atoms with Crippen molar-refractivity contribution < 1.29 is 9.90 Å². The lowest BCUT2D eigenvalue weighted by atomic mass is 9.96. The van der Waals surface area contributed by atoms with E-state index >= 15 is 0 Å². The molecular weight excluding hydrogens is 230 g/mol. The molecule has 5 nitrogen and oxygen atoms in total. The molecule has 0 radical (unpaired) electrons. The van der Waals surface area contributed by atoms with Gasteiger partial charge in [-0.25, -0.2) is 0 Å². The van der Waals surface area contributed by atoms with E-state index in [0.717, 1.165) is 18.7 Å². The van der Waals surface area contributed by atoms with Crippen molar-refractivity contribution in [1.29, 1.82) is 0 Å². The van der Waals surface area contributed by atoms with E-state index in [4.69, 9.17) is 0 Å². The molecule has 0 aliphatic carbocycles. The second kappa shape index (κ2) is 5.93. The molecule has 1 aliphatic heterocycles. The third-order valence-electron chi connectivity index (χ3n) is 3.33. The molecule has 0 bridgehead atoms. The molecule has 2 heterocycles. The summed E-state index contributed by atoms with van der Waals surface area (Å²) in [6.45, 7) is 3.80. The summed E-state index contributed by atoms with van der Waals surface area (Å²) in [5.74, 6) is 0.271. The molecule has 98 valence electrons. The lowest BCUT2D eigenvalue weighted by Gasteiger charge is -2.33. The maximum absolute atomic E-state index is 11.8. The number of nitrogens with one attached hydrogen (secondary N) is 1. The number of likely N-dealkylation sites (tertiary alicyclic amines) is 1. The molecule has 5 heteroatoms. The summed E-state index contributed by atoms with van der Waals surface area (Å²) in [6.07, 6.45) is 3.89. The number of amides is 1. The minimum atomic E-state index is -0.326.